The van der Waals surface area contributed by atoms with Crippen LogP contribution in [0.4, 0.5) is 0 Å². The molecule has 1 aliphatic rings. The van der Waals surface area contributed by atoms with Crippen molar-refractivity contribution in [3.05, 3.63) is 17.5 Å². The smallest absolute Gasteiger partial charge is 0.272 e. The molecule has 100 valence electrons. The van der Waals surface area contributed by atoms with Gasteiger partial charge in [-0.05, 0) is 45.7 Å². The molecule has 0 bridgehead atoms. The fourth-order valence-corrected chi connectivity index (χ4v) is 2.46. The maximum atomic E-state index is 12.0. The van der Waals surface area contributed by atoms with Crippen LogP contribution in [0.3, 0.4) is 0 Å². The van der Waals surface area contributed by atoms with Gasteiger partial charge in [0.25, 0.3) is 5.91 Å². The minimum absolute atomic E-state index is 0.0494. The van der Waals surface area contributed by atoms with Crippen molar-refractivity contribution in [1.82, 2.24) is 20.4 Å². The highest BCUT2D eigenvalue weighted by atomic mass is 16.2. The summed E-state index contributed by atoms with van der Waals surface area (Å²) in [6, 6.07) is 2.73. The number of nitrogens with one attached hydrogen (secondary N) is 2. The molecule has 5 nitrogen and oxygen atoms in total. The van der Waals surface area contributed by atoms with E-state index in [4.69, 9.17) is 0 Å². The van der Waals surface area contributed by atoms with Crippen molar-refractivity contribution in [2.24, 2.45) is 7.05 Å². The maximum absolute atomic E-state index is 12.0. The zero-order chi connectivity index (χ0) is 13.1. The van der Waals surface area contributed by atoms with E-state index in [1.165, 1.54) is 0 Å². The van der Waals surface area contributed by atoms with Gasteiger partial charge in [-0.2, -0.15) is 5.10 Å². The molecule has 0 aliphatic heterocycles. The Kier molecular flexibility index (Phi) is 4.01. The van der Waals surface area contributed by atoms with Crippen LogP contribution in [0.15, 0.2) is 6.07 Å². The molecule has 1 saturated carbocycles. The molecule has 2 N–H and O–H groups in total. The molecule has 1 amide bonds. The highest BCUT2D eigenvalue weighted by molar-refractivity contribution is 5.92. The summed E-state index contributed by atoms with van der Waals surface area (Å²) < 4.78 is 1.73. The van der Waals surface area contributed by atoms with Crippen LogP contribution >= 0.6 is 0 Å². The number of aromatic nitrogens is 2. The molecule has 0 spiro atoms. The van der Waals surface area contributed by atoms with E-state index in [1.807, 2.05) is 27.1 Å². The zero-order valence-corrected chi connectivity index (χ0v) is 11.4. The summed E-state index contributed by atoms with van der Waals surface area (Å²) in [6.45, 7) is 1.95. The normalized spacial score (nSPS) is 23.9. The first-order chi connectivity index (χ1) is 8.60. The Bertz CT molecular complexity index is 399. The molecule has 1 aliphatic carbocycles. The molecule has 0 aromatic carbocycles. The third-order valence-corrected chi connectivity index (χ3v) is 3.82. The van der Waals surface area contributed by atoms with Crippen molar-refractivity contribution in [2.75, 3.05) is 7.05 Å². The summed E-state index contributed by atoms with van der Waals surface area (Å²) in [5.41, 5.74) is 1.52. The van der Waals surface area contributed by atoms with Gasteiger partial charge in [-0.25, -0.2) is 0 Å². The molecular formula is C13H22N4O. The summed E-state index contributed by atoms with van der Waals surface area (Å²) in [4.78, 5) is 12.0. The fraction of sp³-hybridized carbons (Fsp3) is 0.692. The Morgan fingerprint density at radius 2 is 1.94 bits per heavy atom. The molecule has 2 rings (SSSR count). The van der Waals surface area contributed by atoms with Gasteiger partial charge in [-0.3, -0.25) is 9.48 Å². The molecule has 0 atom stereocenters. The van der Waals surface area contributed by atoms with Gasteiger partial charge < -0.3 is 10.6 Å². The second-order valence-electron chi connectivity index (χ2n) is 5.11. The topological polar surface area (TPSA) is 58.9 Å². The molecule has 0 unspecified atom stereocenters. The molecule has 1 aromatic rings. The van der Waals surface area contributed by atoms with Crippen LogP contribution in [0.25, 0.3) is 0 Å². The standard InChI is InChI=1S/C13H22N4O/c1-9-8-12(16-17(9)3)13(18)15-11-6-4-10(14-2)5-7-11/h8,10-11,14H,4-7H2,1-3H3,(H,15,18). The van der Waals surface area contributed by atoms with Crippen LogP contribution in [0, 0.1) is 6.92 Å². The van der Waals surface area contributed by atoms with E-state index < -0.39 is 0 Å². The second kappa shape index (κ2) is 5.52. The van der Waals surface area contributed by atoms with Crippen LogP contribution < -0.4 is 10.6 Å². The van der Waals surface area contributed by atoms with Gasteiger partial charge in [-0.15, -0.1) is 0 Å². The van der Waals surface area contributed by atoms with Gasteiger partial charge in [0.05, 0.1) is 0 Å². The van der Waals surface area contributed by atoms with E-state index >= 15 is 0 Å². The van der Waals surface area contributed by atoms with Gasteiger partial charge in [-0.1, -0.05) is 0 Å². The third-order valence-electron chi connectivity index (χ3n) is 3.82. The Hall–Kier alpha value is -1.36. The lowest BCUT2D eigenvalue weighted by Crippen LogP contribution is -2.41. The molecule has 0 radical (unpaired) electrons. The lowest BCUT2D eigenvalue weighted by Gasteiger charge is -2.28. The molecule has 18 heavy (non-hydrogen) atoms. The van der Waals surface area contributed by atoms with Crippen LogP contribution in [-0.2, 0) is 7.05 Å². The van der Waals surface area contributed by atoms with Crippen LogP contribution in [0.5, 0.6) is 0 Å². The number of nitrogens with zero attached hydrogens (tertiary/aromatic N) is 2. The van der Waals surface area contributed by atoms with Crippen molar-refractivity contribution in [3.8, 4) is 0 Å². The fourth-order valence-electron chi connectivity index (χ4n) is 2.46. The highest BCUT2D eigenvalue weighted by Gasteiger charge is 2.22. The summed E-state index contributed by atoms with van der Waals surface area (Å²) >= 11 is 0. The van der Waals surface area contributed by atoms with Crippen molar-refractivity contribution in [1.29, 1.82) is 0 Å². The van der Waals surface area contributed by atoms with Gasteiger partial charge in [0.15, 0.2) is 0 Å². The summed E-state index contributed by atoms with van der Waals surface area (Å²) in [7, 11) is 3.85. The predicted octanol–water partition coefficient (Wildman–Crippen LogP) is 0.989. The lowest BCUT2D eigenvalue weighted by atomic mass is 9.91. The molecule has 1 fully saturated rings. The third kappa shape index (κ3) is 2.90. The first-order valence-electron chi connectivity index (χ1n) is 6.59. The van der Waals surface area contributed by atoms with Crippen LogP contribution in [-0.4, -0.2) is 34.8 Å². The minimum Gasteiger partial charge on any atom is -0.348 e. The number of hydrogen-bond acceptors (Lipinski definition) is 3. The molecular weight excluding hydrogens is 228 g/mol. The predicted molar refractivity (Wildman–Crippen MR) is 70.5 cm³/mol. The molecule has 1 aromatic heterocycles. The number of rotatable bonds is 3. The average molecular weight is 250 g/mol. The van der Waals surface area contributed by atoms with E-state index in [2.05, 4.69) is 15.7 Å². The van der Waals surface area contributed by atoms with Crippen LogP contribution in [0.2, 0.25) is 0 Å². The van der Waals surface area contributed by atoms with E-state index in [-0.39, 0.29) is 5.91 Å². The number of hydrogen-bond donors (Lipinski definition) is 2. The highest BCUT2D eigenvalue weighted by Crippen LogP contribution is 2.18. The number of amides is 1. The number of carbonyl (C=O) groups excluding carboxylic acids is 1. The van der Waals surface area contributed by atoms with E-state index in [0.29, 0.717) is 17.8 Å². The Labute approximate surface area is 108 Å². The summed E-state index contributed by atoms with van der Waals surface area (Å²) in [5, 5.41) is 10.6. The van der Waals surface area contributed by atoms with Gasteiger partial charge >= 0.3 is 0 Å². The van der Waals surface area contributed by atoms with Crippen LogP contribution in [0.1, 0.15) is 41.9 Å². The van der Waals surface area contributed by atoms with Crippen molar-refractivity contribution >= 4 is 5.91 Å². The van der Waals surface area contributed by atoms with Gasteiger partial charge in [0, 0.05) is 24.8 Å². The Morgan fingerprint density at radius 1 is 1.33 bits per heavy atom. The summed E-state index contributed by atoms with van der Waals surface area (Å²) in [5.74, 6) is -0.0494. The van der Waals surface area contributed by atoms with Gasteiger partial charge in [0.2, 0.25) is 0 Å². The molecule has 5 heteroatoms. The number of carbonyl (C=O) groups is 1. The summed E-state index contributed by atoms with van der Waals surface area (Å²) in [6.07, 6.45) is 4.34. The molecule has 0 saturated heterocycles. The first-order valence-corrected chi connectivity index (χ1v) is 6.59. The van der Waals surface area contributed by atoms with Crippen molar-refractivity contribution in [2.45, 2.75) is 44.7 Å². The largest absolute Gasteiger partial charge is 0.348 e. The van der Waals surface area contributed by atoms with Crippen molar-refractivity contribution < 1.29 is 4.79 Å². The van der Waals surface area contributed by atoms with E-state index in [1.54, 1.807) is 4.68 Å². The molecule has 1 heterocycles. The quantitative estimate of drug-likeness (QED) is 0.841. The second-order valence-corrected chi connectivity index (χ2v) is 5.11. The monoisotopic (exact) mass is 250 g/mol. The first kappa shape index (κ1) is 13.1. The SMILES string of the molecule is CNC1CCC(NC(=O)c2cc(C)n(C)n2)CC1. The number of aryl methyl sites for hydroxylation is 2. The van der Waals surface area contributed by atoms with E-state index in [9.17, 15) is 4.79 Å². The Morgan fingerprint density at radius 3 is 2.44 bits per heavy atom. The lowest BCUT2D eigenvalue weighted by molar-refractivity contribution is 0.0919. The van der Waals surface area contributed by atoms with E-state index in [0.717, 1.165) is 31.4 Å². The zero-order valence-electron chi connectivity index (χ0n) is 11.4. The van der Waals surface area contributed by atoms with Crippen molar-refractivity contribution in [3.63, 3.8) is 0 Å². The van der Waals surface area contributed by atoms with Gasteiger partial charge in [0.1, 0.15) is 5.69 Å². The minimum atomic E-state index is -0.0494. The maximum Gasteiger partial charge on any atom is 0.272 e. The Balaban J connectivity index is 1.88. The average Bonchev–Trinajstić information content (AvgIpc) is 2.71.